The lowest BCUT2D eigenvalue weighted by Gasteiger charge is -2.44. The van der Waals surface area contributed by atoms with Crippen LogP contribution in [0.15, 0.2) is 54.2 Å². The molecular formula is C23H29N3O8. The van der Waals surface area contributed by atoms with E-state index in [0.717, 1.165) is 0 Å². The smallest absolute Gasteiger partial charge is 0.407 e. The maximum absolute atomic E-state index is 12.9. The summed E-state index contributed by atoms with van der Waals surface area (Å²) in [7, 11) is 0. The lowest BCUT2D eigenvalue weighted by atomic mass is 9.81. The van der Waals surface area contributed by atoms with E-state index in [4.69, 9.17) is 14.2 Å². The monoisotopic (exact) mass is 475 g/mol. The second-order valence-electron chi connectivity index (χ2n) is 7.61. The molecule has 2 unspecified atom stereocenters. The number of aliphatic imine (C=N–C) groups is 1. The van der Waals surface area contributed by atoms with Gasteiger partial charge in [-0.3, -0.25) is 4.79 Å². The van der Waals surface area contributed by atoms with Crippen LogP contribution >= 0.6 is 0 Å². The number of hydrogen-bond acceptors (Lipinski definition) is 9. The molecule has 1 saturated heterocycles. The highest BCUT2D eigenvalue weighted by molar-refractivity contribution is 6.00. The van der Waals surface area contributed by atoms with Crippen molar-refractivity contribution in [2.75, 3.05) is 26.4 Å². The molecule has 184 valence electrons. The molecule has 0 bridgehead atoms. The van der Waals surface area contributed by atoms with E-state index in [2.05, 4.69) is 30.0 Å². The molecule has 2 N–H and O–H groups in total. The highest BCUT2D eigenvalue weighted by Crippen LogP contribution is 2.46. The second-order valence-corrected chi connectivity index (χ2v) is 7.61. The number of rotatable bonds is 14. The molecule has 2 heterocycles. The zero-order chi connectivity index (χ0) is 25.3. The lowest BCUT2D eigenvalue weighted by Crippen LogP contribution is -2.61. The molecule has 1 fully saturated rings. The molecule has 2 aliphatic heterocycles. The Hall–Kier alpha value is -3.53. The van der Waals surface area contributed by atoms with Gasteiger partial charge < -0.3 is 29.5 Å². The van der Waals surface area contributed by atoms with Crippen molar-refractivity contribution in [2.45, 2.75) is 31.7 Å². The van der Waals surface area contributed by atoms with Crippen LogP contribution in [0.1, 0.15) is 13.3 Å². The van der Waals surface area contributed by atoms with E-state index in [1.54, 1.807) is 0 Å². The Balaban J connectivity index is 2.49. The number of carbonyl (C=O) groups is 3. The SMILES string of the molecule is C=CCOC(=O)NCC(C1=C(C(=O)OCC=C)N2C(=O)[C@H]([C@@H](C)O)[C@H]2C1)C(N=C=O)OCC=C. The number of fused-ring (bicyclic) bond motifs is 1. The number of aliphatic hydroxyl groups is 1. The summed E-state index contributed by atoms with van der Waals surface area (Å²) in [6, 6.07) is -0.496. The van der Waals surface area contributed by atoms with Gasteiger partial charge in [0.15, 0.2) is 6.23 Å². The number of ether oxygens (including phenoxy) is 3. The van der Waals surface area contributed by atoms with Crippen molar-refractivity contribution in [3.63, 3.8) is 0 Å². The summed E-state index contributed by atoms with van der Waals surface area (Å²) in [6.07, 6.45) is 2.96. The summed E-state index contributed by atoms with van der Waals surface area (Å²) in [5.74, 6) is -2.79. The fourth-order valence-electron chi connectivity index (χ4n) is 4.06. The number of amides is 2. The zero-order valence-corrected chi connectivity index (χ0v) is 19.0. The van der Waals surface area contributed by atoms with Gasteiger partial charge in [-0.15, -0.1) is 6.58 Å². The second kappa shape index (κ2) is 12.6. The largest absolute Gasteiger partial charge is 0.457 e. The van der Waals surface area contributed by atoms with Crippen LogP contribution in [0.5, 0.6) is 0 Å². The minimum absolute atomic E-state index is 0.0130. The molecular weight excluding hydrogens is 446 g/mol. The number of nitrogens with one attached hydrogen (secondary N) is 1. The number of aliphatic hydroxyl groups excluding tert-OH is 1. The van der Waals surface area contributed by atoms with E-state index in [1.807, 2.05) is 0 Å². The molecule has 0 aliphatic carbocycles. The average molecular weight is 475 g/mol. The Bertz CT molecular complexity index is 906. The molecule has 11 heteroatoms. The van der Waals surface area contributed by atoms with Gasteiger partial charge in [0, 0.05) is 12.5 Å². The summed E-state index contributed by atoms with van der Waals surface area (Å²) in [5.41, 5.74) is 0.348. The molecule has 0 aromatic rings. The molecule has 0 aromatic carbocycles. The lowest BCUT2D eigenvalue weighted by molar-refractivity contribution is -0.162. The number of carbonyl (C=O) groups excluding carboxylic acids is 4. The fraction of sp³-hybridized carbons (Fsp3) is 0.478. The molecule has 0 saturated carbocycles. The first-order valence-corrected chi connectivity index (χ1v) is 10.6. The molecule has 11 nitrogen and oxygen atoms in total. The third-order valence-corrected chi connectivity index (χ3v) is 5.44. The summed E-state index contributed by atoms with van der Waals surface area (Å²) in [5, 5.41) is 12.6. The normalized spacial score (nSPS) is 21.2. The quantitative estimate of drug-likeness (QED) is 0.124. The van der Waals surface area contributed by atoms with Crippen molar-refractivity contribution in [1.29, 1.82) is 0 Å². The number of isocyanates is 1. The zero-order valence-electron chi connectivity index (χ0n) is 19.0. The van der Waals surface area contributed by atoms with Gasteiger partial charge in [-0.1, -0.05) is 31.4 Å². The molecule has 34 heavy (non-hydrogen) atoms. The van der Waals surface area contributed by atoms with Crippen molar-refractivity contribution < 1.29 is 38.5 Å². The summed E-state index contributed by atoms with van der Waals surface area (Å²) in [4.78, 5) is 53.9. The first-order chi connectivity index (χ1) is 16.3. The average Bonchev–Trinajstić information content (AvgIpc) is 3.14. The first kappa shape index (κ1) is 26.7. The Kier molecular flexibility index (Phi) is 9.93. The van der Waals surface area contributed by atoms with Crippen LogP contribution in [-0.4, -0.2) is 78.8 Å². The Morgan fingerprint density at radius 1 is 1.24 bits per heavy atom. The minimum Gasteiger partial charge on any atom is -0.457 e. The maximum Gasteiger partial charge on any atom is 0.407 e. The van der Waals surface area contributed by atoms with Crippen LogP contribution in [0.3, 0.4) is 0 Å². The molecule has 0 spiro atoms. The van der Waals surface area contributed by atoms with Gasteiger partial charge in [0.1, 0.15) is 18.9 Å². The van der Waals surface area contributed by atoms with Crippen molar-refractivity contribution in [2.24, 2.45) is 16.8 Å². The van der Waals surface area contributed by atoms with Gasteiger partial charge in [0.2, 0.25) is 12.0 Å². The highest BCUT2D eigenvalue weighted by atomic mass is 16.5. The van der Waals surface area contributed by atoms with Crippen LogP contribution < -0.4 is 5.32 Å². The molecule has 2 rings (SSSR count). The number of hydrogen-bond donors (Lipinski definition) is 2. The molecule has 2 aliphatic rings. The predicted molar refractivity (Wildman–Crippen MR) is 120 cm³/mol. The molecule has 0 aromatic heterocycles. The summed E-state index contributed by atoms with van der Waals surface area (Å²) < 4.78 is 15.7. The standard InChI is InChI=1S/C23H29N3O8/c1-5-8-32-20(25-13-27)16(12-24-23(31)34-10-7-3)15-11-17-18(14(4)28)21(29)26(17)19(15)22(30)33-9-6-2/h5-7,14,16-18,20,28H,1-3,8-12H2,4H3,(H,24,31)/t14-,16?,17-,18-,20?/m1/s1. The molecule has 2 amide bonds. The number of nitrogens with zero attached hydrogens (tertiary/aromatic N) is 2. The number of esters is 1. The van der Waals surface area contributed by atoms with Crippen LogP contribution in [0.2, 0.25) is 0 Å². The predicted octanol–water partition coefficient (Wildman–Crippen LogP) is 0.974. The van der Waals surface area contributed by atoms with Crippen molar-refractivity contribution in [3.05, 3.63) is 49.2 Å². The Morgan fingerprint density at radius 3 is 2.47 bits per heavy atom. The van der Waals surface area contributed by atoms with E-state index in [0.29, 0.717) is 5.57 Å². The van der Waals surface area contributed by atoms with Crippen LogP contribution in [0.25, 0.3) is 0 Å². The number of β-lactam (4-membered cyclic amide) rings is 1. The number of alkyl carbamates (subject to hydrolysis) is 1. The summed E-state index contributed by atoms with van der Waals surface area (Å²) >= 11 is 0. The highest BCUT2D eigenvalue weighted by Gasteiger charge is 2.58. The molecule has 0 radical (unpaired) electrons. The van der Waals surface area contributed by atoms with E-state index >= 15 is 0 Å². The van der Waals surface area contributed by atoms with E-state index in [9.17, 15) is 24.3 Å². The maximum atomic E-state index is 12.9. The van der Waals surface area contributed by atoms with Crippen LogP contribution in [0, 0.1) is 11.8 Å². The third kappa shape index (κ3) is 5.88. The van der Waals surface area contributed by atoms with Gasteiger partial charge in [-0.25, -0.2) is 14.4 Å². The van der Waals surface area contributed by atoms with Gasteiger partial charge in [0.25, 0.3) is 0 Å². The Morgan fingerprint density at radius 2 is 1.88 bits per heavy atom. The van der Waals surface area contributed by atoms with Gasteiger partial charge in [-0.2, -0.15) is 4.99 Å². The third-order valence-electron chi connectivity index (χ3n) is 5.44. The minimum atomic E-state index is -1.16. The van der Waals surface area contributed by atoms with Crippen molar-refractivity contribution in [3.8, 4) is 0 Å². The van der Waals surface area contributed by atoms with E-state index < -0.39 is 48.2 Å². The van der Waals surface area contributed by atoms with E-state index in [-0.39, 0.29) is 38.5 Å². The van der Waals surface area contributed by atoms with E-state index in [1.165, 1.54) is 36.1 Å². The van der Waals surface area contributed by atoms with Gasteiger partial charge in [-0.05, 0) is 18.9 Å². The summed E-state index contributed by atoms with van der Waals surface area (Å²) in [6.45, 7) is 11.8. The first-order valence-electron chi connectivity index (χ1n) is 10.6. The van der Waals surface area contributed by atoms with Crippen LogP contribution in [-0.2, 0) is 28.6 Å². The van der Waals surface area contributed by atoms with Gasteiger partial charge >= 0.3 is 12.1 Å². The van der Waals surface area contributed by atoms with Crippen molar-refractivity contribution >= 4 is 24.0 Å². The Labute approximate surface area is 197 Å². The van der Waals surface area contributed by atoms with Gasteiger partial charge in [0.05, 0.1) is 24.7 Å². The fourth-order valence-corrected chi connectivity index (χ4v) is 4.06. The van der Waals surface area contributed by atoms with Crippen LogP contribution in [0.4, 0.5) is 4.79 Å². The van der Waals surface area contributed by atoms with Crippen molar-refractivity contribution in [1.82, 2.24) is 10.2 Å². The topological polar surface area (TPSA) is 144 Å². The molecule has 5 atom stereocenters.